The molecule has 1 amide bonds. The summed E-state index contributed by atoms with van der Waals surface area (Å²) in [6.45, 7) is 3.38. The van der Waals surface area contributed by atoms with Gasteiger partial charge in [-0.25, -0.2) is 0 Å². The van der Waals surface area contributed by atoms with Crippen molar-refractivity contribution in [2.75, 3.05) is 13.2 Å². The van der Waals surface area contributed by atoms with Gasteiger partial charge in [-0.15, -0.1) is 0 Å². The number of rotatable bonds is 5. The second-order valence-electron chi connectivity index (χ2n) is 6.10. The lowest BCUT2D eigenvalue weighted by Crippen LogP contribution is -2.44. The van der Waals surface area contributed by atoms with Gasteiger partial charge in [0.15, 0.2) is 0 Å². The van der Waals surface area contributed by atoms with Crippen LogP contribution in [0.1, 0.15) is 38.2 Å². The quantitative estimate of drug-likeness (QED) is 0.903. The van der Waals surface area contributed by atoms with Gasteiger partial charge in [-0.1, -0.05) is 12.1 Å². The molecule has 1 aliphatic heterocycles. The second kappa shape index (κ2) is 5.68. The molecule has 21 heavy (non-hydrogen) atoms. The van der Waals surface area contributed by atoms with E-state index < -0.39 is 5.60 Å². The van der Waals surface area contributed by atoms with Crippen LogP contribution in [0.25, 0.3) is 0 Å². The molecule has 1 saturated carbocycles. The molecule has 1 saturated heterocycles. The Bertz CT molecular complexity index is 507. The van der Waals surface area contributed by atoms with Crippen LogP contribution in [0.2, 0.25) is 0 Å². The number of hydrogen-bond acceptors (Lipinski definition) is 3. The molecule has 1 aromatic carbocycles. The molecule has 1 heterocycles. The molecule has 1 aliphatic carbocycles. The van der Waals surface area contributed by atoms with Crippen LogP contribution in [0.15, 0.2) is 24.3 Å². The highest BCUT2D eigenvalue weighted by Crippen LogP contribution is 2.44. The van der Waals surface area contributed by atoms with E-state index in [-0.39, 0.29) is 11.9 Å². The first-order valence-corrected chi connectivity index (χ1v) is 7.86. The van der Waals surface area contributed by atoms with E-state index in [0.29, 0.717) is 13.0 Å². The summed E-state index contributed by atoms with van der Waals surface area (Å²) in [5, 5.41) is 10.3. The van der Waals surface area contributed by atoms with Gasteiger partial charge < -0.3 is 14.7 Å². The molecule has 0 spiro atoms. The fourth-order valence-corrected chi connectivity index (χ4v) is 3.23. The van der Waals surface area contributed by atoms with Gasteiger partial charge in [-0.2, -0.15) is 0 Å². The summed E-state index contributed by atoms with van der Waals surface area (Å²) in [4.78, 5) is 14.4. The van der Waals surface area contributed by atoms with Gasteiger partial charge in [-0.05, 0) is 50.3 Å². The second-order valence-corrected chi connectivity index (χ2v) is 6.10. The molecule has 1 atom stereocenters. The number of likely N-dealkylation sites (tertiary alicyclic amines) is 1. The van der Waals surface area contributed by atoms with E-state index in [0.717, 1.165) is 43.5 Å². The molecule has 114 valence electrons. The van der Waals surface area contributed by atoms with E-state index in [2.05, 4.69) is 0 Å². The molecule has 1 aromatic rings. The third kappa shape index (κ3) is 3.05. The highest BCUT2D eigenvalue weighted by atomic mass is 16.5. The fourth-order valence-electron chi connectivity index (χ4n) is 3.23. The van der Waals surface area contributed by atoms with Crippen LogP contribution in [0.5, 0.6) is 5.75 Å². The SMILES string of the molecule is CCOc1ccc(CC(=O)N2CCCC2C2(O)CC2)cc1. The van der Waals surface area contributed by atoms with Crippen molar-refractivity contribution in [3.8, 4) is 5.75 Å². The molecule has 1 unspecified atom stereocenters. The maximum absolute atomic E-state index is 12.5. The van der Waals surface area contributed by atoms with Crippen LogP contribution >= 0.6 is 0 Å². The molecular weight excluding hydrogens is 266 g/mol. The van der Waals surface area contributed by atoms with Crippen LogP contribution in [-0.2, 0) is 11.2 Å². The van der Waals surface area contributed by atoms with E-state index in [1.54, 1.807) is 0 Å². The fraction of sp³-hybridized carbons (Fsp3) is 0.588. The molecule has 0 bridgehead atoms. The molecular formula is C17H23NO3. The van der Waals surface area contributed by atoms with Gasteiger partial charge in [0.2, 0.25) is 5.91 Å². The average Bonchev–Trinajstić information content (AvgIpc) is 3.04. The number of benzene rings is 1. The zero-order valence-corrected chi connectivity index (χ0v) is 12.5. The Hall–Kier alpha value is -1.55. The lowest BCUT2D eigenvalue weighted by Gasteiger charge is -2.29. The minimum absolute atomic E-state index is 0.0349. The van der Waals surface area contributed by atoms with Crippen molar-refractivity contribution in [1.82, 2.24) is 4.90 Å². The number of hydrogen-bond donors (Lipinski definition) is 1. The third-order valence-electron chi connectivity index (χ3n) is 4.55. The molecule has 2 aliphatic rings. The zero-order chi connectivity index (χ0) is 14.9. The normalized spacial score (nSPS) is 23.1. The van der Waals surface area contributed by atoms with Crippen LogP contribution in [0, 0.1) is 0 Å². The lowest BCUT2D eigenvalue weighted by molar-refractivity contribution is -0.134. The number of ether oxygens (including phenoxy) is 1. The van der Waals surface area contributed by atoms with Crippen LogP contribution in [0.3, 0.4) is 0 Å². The maximum atomic E-state index is 12.5. The minimum atomic E-state index is -0.592. The van der Waals surface area contributed by atoms with Crippen molar-refractivity contribution in [1.29, 1.82) is 0 Å². The number of nitrogens with zero attached hydrogens (tertiary/aromatic N) is 1. The molecule has 0 aromatic heterocycles. The van der Waals surface area contributed by atoms with Crippen molar-refractivity contribution >= 4 is 5.91 Å². The minimum Gasteiger partial charge on any atom is -0.494 e. The lowest BCUT2D eigenvalue weighted by atomic mass is 10.1. The highest BCUT2D eigenvalue weighted by molar-refractivity contribution is 5.79. The zero-order valence-electron chi connectivity index (χ0n) is 12.5. The Morgan fingerprint density at radius 3 is 2.71 bits per heavy atom. The highest BCUT2D eigenvalue weighted by Gasteiger charge is 2.52. The first kappa shape index (κ1) is 14.4. The van der Waals surface area contributed by atoms with Crippen LogP contribution in [0.4, 0.5) is 0 Å². The maximum Gasteiger partial charge on any atom is 0.227 e. The van der Waals surface area contributed by atoms with E-state index in [1.807, 2.05) is 36.1 Å². The third-order valence-corrected chi connectivity index (χ3v) is 4.55. The van der Waals surface area contributed by atoms with E-state index in [4.69, 9.17) is 4.74 Å². The first-order valence-electron chi connectivity index (χ1n) is 7.86. The van der Waals surface area contributed by atoms with Gasteiger partial charge in [-0.3, -0.25) is 4.79 Å². The molecule has 4 heteroatoms. The van der Waals surface area contributed by atoms with E-state index in [9.17, 15) is 9.90 Å². The van der Waals surface area contributed by atoms with E-state index >= 15 is 0 Å². The molecule has 3 rings (SSSR count). The van der Waals surface area contributed by atoms with Crippen LogP contribution in [-0.4, -0.2) is 40.7 Å². The van der Waals surface area contributed by atoms with Crippen molar-refractivity contribution in [2.45, 2.75) is 50.7 Å². The Kier molecular flexibility index (Phi) is 3.89. The van der Waals surface area contributed by atoms with Gasteiger partial charge >= 0.3 is 0 Å². The Balaban J connectivity index is 1.63. The Morgan fingerprint density at radius 1 is 1.38 bits per heavy atom. The number of aliphatic hydroxyl groups is 1. The summed E-state index contributed by atoms with van der Waals surface area (Å²) in [5.74, 6) is 0.960. The van der Waals surface area contributed by atoms with Gasteiger partial charge in [0.25, 0.3) is 0 Å². The van der Waals surface area contributed by atoms with Crippen molar-refractivity contribution in [3.63, 3.8) is 0 Å². The number of carbonyl (C=O) groups is 1. The van der Waals surface area contributed by atoms with E-state index in [1.165, 1.54) is 0 Å². The van der Waals surface area contributed by atoms with Gasteiger partial charge in [0.1, 0.15) is 5.75 Å². The van der Waals surface area contributed by atoms with Gasteiger partial charge in [0, 0.05) is 6.54 Å². The predicted octanol–water partition coefficient (Wildman–Crippen LogP) is 2.14. The summed E-state index contributed by atoms with van der Waals surface area (Å²) in [6.07, 6.45) is 4.02. The monoisotopic (exact) mass is 289 g/mol. The molecule has 1 N–H and O–H groups in total. The van der Waals surface area contributed by atoms with Crippen molar-refractivity contribution in [3.05, 3.63) is 29.8 Å². The standard InChI is InChI=1S/C17H23NO3/c1-2-21-14-7-5-13(6-8-14)12-16(19)18-11-3-4-15(18)17(20)9-10-17/h5-8,15,20H,2-4,9-12H2,1H3. The summed E-state index contributed by atoms with van der Waals surface area (Å²) in [7, 11) is 0. The van der Waals surface area contributed by atoms with Gasteiger partial charge in [0.05, 0.1) is 24.7 Å². The summed E-state index contributed by atoms with van der Waals surface area (Å²) < 4.78 is 5.41. The topological polar surface area (TPSA) is 49.8 Å². The summed E-state index contributed by atoms with van der Waals surface area (Å²) in [6, 6.07) is 7.73. The smallest absolute Gasteiger partial charge is 0.227 e. The summed E-state index contributed by atoms with van der Waals surface area (Å²) in [5.41, 5.74) is 0.405. The molecule has 4 nitrogen and oxygen atoms in total. The van der Waals surface area contributed by atoms with Crippen molar-refractivity contribution in [2.24, 2.45) is 0 Å². The summed E-state index contributed by atoms with van der Waals surface area (Å²) >= 11 is 0. The number of amides is 1. The molecule has 2 fully saturated rings. The largest absolute Gasteiger partial charge is 0.494 e. The van der Waals surface area contributed by atoms with Crippen molar-refractivity contribution < 1.29 is 14.6 Å². The first-order chi connectivity index (χ1) is 10.1. The van der Waals surface area contributed by atoms with Crippen LogP contribution < -0.4 is 4.74 Å². The average molecular weight is 289 g/mol. The Labute approximate surface area is 125 Å². The Morgan fingerprint density at radius 2 is 2.10 bits per heavy atom. The number of carbonyl (C=O) groups excluding carboxylic acids is 1. The predicted molar refractivity (Wildman–Crippen MR) is 80.2 cm³/mol. The molecule has 0 radical (unpaired) electrons.